The average molecular weight is 360 g/mol. The average Bonchev–Trinajstić information content (AvgIpc) is 3.01. The molecule has 0 saturated heterocycles. The first kappa shape index (κ1) is 16.4. The molecule has 0 aliphatic heterocycles. The zero-order chi connectivity index (χ0) is 16.9. The van der Waals surface area contributed by atoms with Gasteiger partial charge in [0.1, 0.15) is 0 Å². The van der Waals surface area contributed by atoms with E-state index in [-0.39, 0.29) is 11.9 Å². The minimum atomic E-state index is -0.175. The van der Waals surface area contributed by atoms with E-state index < -0.39 is 0 Å². The molecule has 3 aromatic rings. The van der Waals surface area contributed by atoms with E-state index in [4.69, 9.17) is 17.3 Å². The number of aromatic nitrogens is 3. The molecule has 0 atom stereocenters. The largest absolute Gasteiger partial charge is 0.368 e. The van der Waals surface area contributed by atoms with Crippen molar-refractivity contribution in [3.63, 3.8) is 0 Å². The van der Waals surface area contributed by atoms with Crippen LogP contribution in [0.2, 0.25) is 5.02 Å². The number of nitrogens with zero attached hydrogens (tertiary/aromatic N) is 2. The minimum Gasteiger partial charge on any atom is -0.368 e. The summed E-state index contributed by atoms with van der Waals surface area (Å²) in [5.41, 5.74) is 7.76. The zero-order valence-corrected chi connectivity index (χ0v) is 14.1. The van der Waals surface area contributed by atoms with E-state index in [1.165, 1.54) is 11.8 Å². The van der Waals surface area contributed by atoms with Crippen molar-refractivity contribution in [2.75, 3.05) is 11.1 Å². The van der Waals surface area contributed by atoms with Gasteiger partial charge in [-0.05, 0) is 42.0 Å². The summed E-state index contributed by atoms with van der Waals surface area (Å²) in [6, 6.07) is 14.4. The zero-order valence-electron chi connectivity index (χ0n) is 12.5. The number of H-pyrrole nitrogens is 1. The van der Waals surface area contributed by atoms with Gasteiger partial charge in [-0.3, -0.25) is 4.79 Å². The summed E-state index contributed by atoms with van der Waals surface area (Å²) in [4.78, 5) is 16.4. The van der Waals surface area contributed by atoms with Crippen molar-refractivity contribution in [2.24, 2.45) is 0 Å². The third-order valence-corrected chi connectivity index (χ3v) is 4.31. The van der Waals surface area contributed by atoms with Crippen LogP contribution in [0, 0.1) is 0 Å². The predicted molar refractivity (Wildman–Crippen MR) is 96.2 cm³/mol. The fourth-order valence-electron chi connectivity index (χ4n) is 2.01. The Morgan fingerprint density at radius 1 is 1.25 bits per heavy atom. The highest BCUT2D eigenvalue weighted by Gasteiger charge is 2.08. The summed E-state index contributed by atoms with van der Waals surface area (Å²) in [5.74, 6) is 0.749. The Morgan fingerprint density at radius 2 is 2.04 bits per heavy atom. The monoisotopic (exact) mass is 359 g/mol. The fraction of sp³-hybridized carbons (Fsp3) is 0.0625. The number of amides is 1. The van der Waals surface area contributed by atoms with E-state index >= 15 is 0 Å². The Bertz CT molecular complexity index is 850. The number of hydrogen-bond acceptors (Lipinski definition) is 5. The number of nitrogens with two attached hydrogens (primary N) is 1. The molecule has 0 bridgehead atoms. The molecule has 122 valence electrons. The molecular formula is C16H14ClN5OS. The van der Waals surface area contributed by atoms with Crippen molar-refractivity contribution in [1.82, 2.24) is 15.2 Å². The Balaban J connectivity index is 1.65. The lowest BCUT2D eigenvalue weighted by Crippen LogP contribution is -2.11. The van der Waals surface area contributed by atoms with Crippen molar-refractivity contribution < 1.29 is 4.79 Å². The Labute approximate surface area is 147 Å². The second kappa shape index (κ2) is 7.37. The summed E-state index contributed by atoms with van der Waals surface area (Å²) in [6.45, 7) is 0. The molecule has 4 N–H and O–H groups in total. The topological polar surface area (TPSA) is 96.7 Å². The van der Waals surface area contributed by atoms with Crippen molar-refractivity contribution in [3.8, 4) is 0 Å². The number of aromatic amines is 1. The lowest BCUT2D eigenvalue weighted by molar-refractivity contribution is 0.102. The molecule has 0 unspecified atom stereocenters. The number of nitrogens with one attached hydrogen (secondary N) is 2. The van der Waals surface area contributed by atoms with Gasteiger partial charge >= 0.3 is 0 Å². The maximum atomic E-state index is 12.3. The van der Waals surface area contributed by atoms with E-state index in [0.29, 0.717) is 27.2 Å². The molecule has 1 heterocycles. The molecule has 3 rings (SSSR count). The molecule has 0 aliphatic rings. The number of nitrogen functional groups attached to an aromatic ring is 1. The van der Waals surface area contributed by atoms with Crippen molar-refractivity contribution in [1.29, 1.82) is 0 Å². The lowest BCUT2D eigenvalue weighted by Gasteiger charge is -2.07. The van der Waals surface area contributed by atoms with Crippen LogP contribution in [0.3, 0.4) is 0 Å². The number of carbonyl (C=O) groups excluding carboxylic acids is 1. The summed E-state index contributed by atoms with van der Waals surface area (Å²) in [7, 11) is 0. The number of thioether (sulfide) groups is 1. The van der Waals surface area contributed by atoms with Crippen molar-refractivity contribution in [3.05, 3.63) is 64.7 Å². The maximum Gasteiger partial charge on any atom is 0.255 e. The standard InChI is InChI=1S/C16H14ClN5OS/c17-12-4-6-13(7-5-12)19-14(23)11-3-1-2-10(8-11)9-24-16-20-15(18)21-22-16/h1-8H,9H2,(H,19,23)(H3,18,20,21,22). The number of benzene rings is 2. The van der Waals surface area contributed by atoms with E-state index in [1.807, 2.05) is 18.2 Å². The lowest BCUT2D eigenvalue weighted by atomic mass is 10.1. The van der Waals surface area contributed by atoms with Crippen LogP contribution in [-0.4, -0.2) is 21.1 Å². The number of anilines is 2. The predicted octanol–water partition coefficient (Wildman–Crippen LogP) is 3.58. The fourth-order valence-corrected chi connectivity index (χ4v) is 2.88. The maximum absolute atomic E-state index is 12.3. The Morgan fingerprint density at radius 3 is 2.75 bits per heavy atom. The van der Waals surface area contributed by atoms with Crippen LogP contribution in [0.1, 0.15) is 15.9 Å². The van der Waals surface area contributed by atoms with Gasteiger partial charge in [0.2, 0.25) is 11.1 Å². The van der Waals surface area contributed by atoms with Crippen LogP contribution in [0.5, 0.6) is 0 Å². The number of rotatable bonds is 5. The van der Waals surface area contributed by atoms with Crippen LogP contribution in [0.4, 0.5) is 11.6 Å². The van der Waals surface area contributed by atoms with Gasteiger partial charge < -0.3 is 11.1 Å². The molecule has 0 saturated carbocycles. The van der Waals surface area contributed by atoms with Gasteiger partial charge in [0, 0.05) is 22.0 Å². The first-order valence-corrected chi connectivity index (χ1v) is 8.43. The first-order chi connectivity index (χ1) is 11.6. The van der Waals surface area contributed by atoms with Gasteiger partial charge in [-0.2, -0.15) is 4.98 Å². The molecular weight excluding hydrogens is 346 g/mol. The summed E-state index contributed by atoms with van der Waals surface area (Å²) in [5, 5.41) is 10.6. The summed E-state index contributed by atoms with van der Waals surface area (Å²) >= 11 is 7.28. The highest BCUT2D eigenvalue weighted by atomic mass is 35.5. The molecule has 1 aromatic heterocycles. The van der Waals surface area contributed by atoms with E-state index in [9.17, 15) is 4.79 Å². The highest BCUT2D eigenvalue weighted by Crippen LogP contribution is 2.20. The minimum absolute atomic E-state index is 0.175. The van der Waals surface area contributed by atoms with E-state index in [0.717, 1.165) is 5.56 Å². The molecule has 2 aromatic carbocycles. The number of hydrogen-bond donors (Lipinski definition) is 3. The van der Waals surface area contributed by atoms with Crippen LogP contribution in [0.15, 0.2) is 53.7 Å². The normalized spacial score (nSPS) is 10.5. The second-order valence-corrected chi connectivity index (χ2v) is 6.33. The van der Waals surface area contributed by atoms with Crippen molar-refractivity contribution >= 4 is 40.9 Å². The van der Waals surface area contributed by atoms with Crippen LogP contribution >= 0.6 is 23.4 Å². The Kier molecular flexibility index (Phi) is 5.02. The molecule has 8 heteroatoms. The van der Waals surface area contributed by atoms with Crippen molar-refractivity contribution in [2.45, 2.75) is 10.9 Å². The molecule has 0 radical (unpaired) electrons. The van der Waals surface area contributed by atoms with Gasteiger partial charge in [0.05, 0.1) is 0 Å². The van der Waals surface area contributed by atoms with E-state index in [1.54, 1.807) is 30.3 Å². The highest BCUT2D eigenvalue weighted by molar-refractivity contribution is 7.98. The van der Waals surface area contributed by atoms with Crippen LogP contribution < -0.4 is 11.1 Å². The SMILES string of the molecule is Nc1nc(SCc2cccc(C(=O)Nc3ccc(Cl)cc3)c2)n[nH]1. The van der Waals surface area contributed by atoms with Gasteiger partial charge in [0.25, 0.3) is 5.91 Å². The summed E-state index contributed by atoms with van der Waals surface area (Å²) in [6.07, 6.45) is 0. The molecule has 6 nitrogen and oxygen atoms in total. The van der Waals surface area contributed by atoms with Gasteiger partial charge in [-0.25, -0.2) is 5.10 Å². The quantitative estimate of drug-likeness (QED) is 0.605. The van der Waals surface area contributed by atoms with Gasteiger partial charge in [-0.1, -0.05) is 35.5 Å². The molecule has 0 fully saturated rings. The first-order valence-electron chi connectivity index (χ1n) is 7.07. The molecule has 24 heavy (non-hydrogen) atoms. The molecule has 0 spiro atoms. The van der Waals surface area contributed by atoms with Gasteiger partial charge in [0.15, 0.2) is 0 Å². The molecule has 0 aliphatic carbocycles. The second-order valence-electron chi connectivity index (χ2n) is 4.95. The third-order valence-electron chi connectivity index (χ3n) is 3.14. The van der Waals surface area contributed by atoms with Crippen LogP contribution in [-0.2, 0) is 5.75 Å². The van der Waals surface area contributed by atoms with Crippen LogP contribution in [0.25, 0.3) is 0 Å². The molecule has 1 amide bonds. The van der Waals surface area contributed by atoms with Gasteiger partial charge in [-0.15, -0.1) is 5.10 Å². The Hall–Kier alpha value is -2.51. The number of carbonyl (C=O) groups is 1. The number of halogens is 1. The summed E-state index contributed by atoms with van der Waals surface area (Å²) < 4.78 is 0. The third kappa shape index (κ3) is 4.27. The smallest absolute Gasteiger partial charge is 0.255 e. The van der Waals surface area contributed by atoms with E-state index in [2.05, 4.69) is 20.5 Å².